The molecule has 2 N–H and O–H groups in total. The van der Waals surface area contributed by atoms with Crippen LogP contribution in [0.3, 0.4) is 0 Å². The number of amides is 1. The van der Waals surface area contributed by atoms with Crippen molar-refractivity contribution in [2.75, 3.05) is 6.54 Å². The van der Waals surface area contributed by atoms with Crippen LogP contribution in [0, 0.1) is 0 Å². The van der Waals surface area contributed by atoms with E-state index in [9.17, 15) is 9.59 Å². The maximum Gasteiger partial charge on any atom is 0.332 e. The molecule has 116 valence electrons. The Labute approximate surface area is 121 Å². The van der Waals surface area contributed by atoms with Crippen LogP contribution in [0.25, 0.3) is 0 Å². The molecule has 1 fully saturated rings. The van der Waals surface area contributed by atoms with Crippen LogP contribution in [-0.2, 0) is 14.3 Å². The molecule has 5 nitrogen and oxygen atoms in total. The van der Waals surface area contributed by atoms with Gasteiger partial charge in [0.25, 0.3) is 0 Å². The lowest BCUT2D eigenvalue weighted by Gasteiger charge is -2.12. The van der Waals surface area contributed by atoms with E-state index in [1.807, 2.05) is 0 Å². The molecule has 2 atom stereocenters. The number of carboxylic acids is 1. The number of aliphatic carboxylic acids is 1. The molecule has 1 saturated heterocycles. The molecule has 2 unspecified atom stereocenters. The summed E-state index contributed by atoms with van der Waals surface area (Å²) >= 11 is 0. The number of rotatable bonds is 10. The fourth-order valence-corrected chi connectivity index (χ4v) is 2.42. The minimum atomic E-state index is -0.911. The Morgan fingerprint density at radius 3 is 2.50 bits per heavy atom. The summed E-state index contributed by atoms with van der Waals surface area (Å²) < 4.78 is 5.33. The second-order valence-electron chi connectivity index (χ2n) is 5.48. The molecular weight excluding hydrogens is 258 g/mol. The fraction of sp³-hybridized carbons (Fsp3) is 0.867. The van der Waals surface area contributed by atoms with E-state index >= 15 is 0 Å². The predicted octanol–water partition coefficient (Wildman–Crippen LogP) is 2.49. The Morgan fingerprint density at radius 2 is 1.85 bits per heavy atom. The summed E-state index contributed by atoms with van der Waals surface area (Å²) in [6, 6.07) is 0. The zero-order valence-corrected chi connectivity index (χ0v) is 12.4. The highest BCUT2D eigenvalue weighted by Crippen LogP contribution is 2.19. The molecule has 0 aliphatic carbocycles. The summed E-state index contributed by atoms with van der Waals surface area (Å²) in [5.74, 6) is -0.867. The van der Waals surface area contributed by atoms with Gasteiger partial charge in [-0.05, 0) is 19.3 Å². The van der Waals surface area contributed by atoms with Crippen molar-refractivity contribution >= 4 is 11.9 Å². The van der Waals surface area contributed by atoms with Crippen molar-refractivity contribution in [1.82, 2.24) is 5.32 Å². The third-order valence-electron chi connectivity index (χ3n) is 3.67. The summed E-state index contributed by atoms with van der Waals surface area (Å²) in [7, 11) is 0. The lowest BCUT2D eigenvalue weighted by molar-refractivity contribution is -0.149. The van der Waals surface area contributed by atoms with Crippen LogP contribution in [0.2, 0.25) is 0 Å². The van der Waals surface area contributed by atoms with E-state index in [0.717, 1.165) is 12.8 Å². The number of carbonyl (C=O) groups is 2. The third-order valence-corrected chi connectivity index (χ3v) is 3.67. The topological polar surface area (TPSA) is 75.6 Å². The second-order valence-corrected chi connectivity index (χ2v) is 5.48. The minimum Gasteiger partial charge on any atom is -0.479 e. The fourth-order valence-electron chi connectivity index (χ4n) is 2.42. The van der Waals surface area contributed by atoms with Crippen LogP contribution >= 0.6 is 0 Å². The molecule has 5 heteroatoms. The molecule has 1 aliphatic rings. The van der Waals surface area contributed by atoms with Gasteiger partial charge in [0.15, 0.2) is 6.10 Å². The van der Waals surface area contributed by atoms with Gasteiger partial charge in [-0.2, -0.15) is 0 Å². The lowest BCUT2D eigenvalue weighted by Crippen LogP contribution is -2.32. The number of ether oxygens (including phenoxy) is 1. The summed E-state index contributed by atoms with van der Waals surface area (Å²) in [4.78, 5) is 22.3. The summed E-state index contributed by atoms with van der Waals surface area (Å²) in [5.41, 5.74) is 0. The quantitative estimate of drug-likeness (QED) is 0.605. The smallest absolute Gasteiger partial charge is 0.332 e. The van der Waals surface area contributed by atoms with Crippen LogP contribution in [0.15, 0.2) is 0 Å². The van der Waals surface area contributed by atoms with Gasteiger partial charge in [-0.25, -0.2) is 4.79 Å². The Kier molecular flexibility index (Phi) is 8.26. The highest BCUT2D eigenvalue weighted by Gasteiger charge is 2.30. The van der Waals surface area contributed by atoms with Crippen LogP contribution in [0.4, 0.5) is 0 Å². The zero-order chi connectivity index (χ0) is 14.8. The van der Waals surface area contributed by atoms with Crippen LogP contribution < -0.4 is 5.32 Å². The Balaban J connectivity index is 1.99. The largest absolute Gasteiger partial charge is 0.479 e. The molecule has 1 amide bonds. The number of carboxylic acid groups (broad SMARTS) is 1. The standard InChI is InChI=1S/C15H27NO4/c1-2-3-4-5-6-7-8-14(17)16-11-12-9-10-13(20-12)15(18)19/h12-13H,2-11H2,1H3,(H,16,17)(H,18,19). The molecule has 1 aliphatic heterocycles. The maximum atomic E-state index is 11.6. The van der Waals surface area contributed by atoms with E-state index in [2.05, 4.69) is 12.2 Å². The third kappa shape index (κ3) is 6.89. The number of hydrogen-bond donors (Lipinski definition) is 2. The Hall–Kier alpha value is -1.10. The van der Waals surface area contributed by atoms with E-state index < -0.39 is 12.1 Å². The summed E-state index contributed by atoms with van der Waals surface area (Å²) in [5, 5.41) is 11.6. The molecule has 0 radical (unpaired) electrons. The Morgan fingerprint density at radius 1 is 1.15 bits per heavy atom. The van der Waals surface area contributed by atoms with Crippen molar-refractivity contribution in [2.24, 2.45) is 0 Å². The van der Waals surface area contributed by atoms with Gasteiger partial charge in [0.2, 0.25) is 5.91 Å². The molecule has 1 heterocycles. The highest BCUT2D eigenvalue weighted by atomic mass is 16.5. The first-order chi connectivity index (χ1) is 9.63. The molecule has 0 saturated carbocycles. The van der Waals surface area contributed by atoms with Crippen molar-refractivity contribution < 1.29 is 19.4 Å². The molecule has 0 spiro atoms. The van der Waals surface area contributed by atoms with Crippen molar-refractivity contribution in [2.45, 2.75) is 76.9 Å². The van der Waals surface area contributed by atoms with Gasteiger partial charge >= 0.3 is 5.97 Å². The van der Waals surface area contributed by atoms with Crippen molar-refractivity contribution in [3.8, 4) is 0 Å². The van der Waals surface area contributed by atoms with Crippen molar-refractivity contribution in [3.63, 3.8) is 0 Å². The van der Waals surface area contributed by atoms with Gasteiger partial charge in [0, 0.05) is 13.0 Å². The molecule has 0 aromatic heterocycles. The van der Waals surface area contributed by atoms with E-state index in [0.29, 0.717) is 25.8 Å². The van der Waals surface area contributed by atoms with E-state index in [1.165, 1.54) is 25.7 Å². The molecule has 1 rings (SSSR count). The summed E-state index contributed by atoms with van der Waals surface area (Å²) in [6.07, 6.45) is 7.95. The van der Waals surface area contributed by atoms with Gasteiger partial charge in [0.1, 0.15) is 0 Å². The maximum absolute atomic E-state index is 11.6. The average molecular weight is 285 g/mol. The predicted molar refractivity (Wildman–Crippen MR) is 76.5 cm³/mol. The zero-order valence-electron chi connectivity index (χ0n) is 12.4. The monoisotopic (exact) mass is 285 g/mol. The van der Waals surface area contributed by atoms with Crippen LogP contribution in [0.1, 0.15) is 64.7 Å². The van der Waals surface area contributed by atoms with Crippen LogP contribution in [0.5, 0.6) is 0 Å². The average Bonchev–Trinajstić information content (AvgIpc) is 2.89. The highest BCUT2D eigenvalue weighted by molar-refractivity contribution is 5.76. The molecule has 20 heavy (non-hydrogen) atoms. The number of unbranched alkanes of at least 4 members (excludes halogenated alkanes) is 5. The molecule has 0 aromatic rings. The normalized spacial score (nSPS) is 21.9. The second kappa shape index (κ2) is 9.75. The van der Waals surface area contributed by atoms with Crippen LogP contribution in [-0.4, -0.2) is 35.7 Å². The van der Waals surface area contributed by atoms with E-state index in [1.54, 1.807) is 0 Å². The first-order valence-corrected chi connectivity index (χ1v) is 7.78. The molecular formula is C15H27NO4. The van der Waals surface area contributed by atoms with Gasteiger partial charge in [-0.1, -0.05) is 39.0 Å². The minimum absolute atomic E-state index is 0.0443. The number of hydrogen-bond acceptors (Lipinski definition) is 3. The van der Waals surface area contributed by atoms with Crippen molar-refractivity contribution in [3.05, 3.63) is 0 Å². The molecule has 0 bridgehead atoms. The SMILES string of the molecule is CCCCCCCCC(=O)NCC1CCC(C(=O)O)O1. The Bertz CT molecular complexity index is 306. The van der Waals surface area contributed by atoms with Crippen molar-refractivity contribution in [1.29, 1.82) is 0 Å². The van der Waals surface area contributed by atoms with Gasteiger partial charge in [-0.15, -0.1) is 0 Å². The summed E-state index contributed by atoms with van der Waals surface area (Å²) in [6.45, 7) is 2.62. The van der Waals surface area contributed by atoms with Gasteiger partial charge in [-0.3, -0.25) is 4.79 Å². The van der Waals surface area contributed by atoms with E-state index in [-0.39, 0.29) is 12.0 Å². The number of carbonyl (C=O) groups excluding carboxylic acids is 1. The van der Waals surface area contributed by atoms with E-state index in [4.69, 9.17) is 9.84 Å². The van der Waals surface area contributed by atoms with Gasteiger partial charge in [0.05, 0.1) is 6.10 Å². The first kappa shape index (κ1) is 17.0. The lowest BCUT2D eigenvalue weighted by atomic mass is 10.1. The number of nitrogens with one attached hydrogen (secondary N) is 1. The van der Waals surface area contributed by atoms with Gasteiger partial charge < -0.3 is 15.2 Å². The molecule has 0 aromatic carbocycles. The first-order valence-electron chi connectivity index (χ1n) is 7.78.